The Kier molecular flexibility index (Phi) is 7.82. The van der Waals surface area contributed by atoms with Crippen LogP contribution in [0.15, 0.2) is 52.3 Å². The molecule has 0 fully saturated rings. The van der Waals surface area contributed by atoms with Gasteiger partial charge in [0.05, 0.1) is 26.1 Å². The van der Waals surface area contributed by atoms with E-state index in [9.17, 15) is 36.3 Å². The maximum Gasteiger partial charge on any atom is 0.426 e. The first-order valence-corrected chi connectivity index (χ1v) is 11.6. The molecule has 0 aliphatic heterocycles. The van der Waals surface area contributed by atoms with Gasteiger partial charge in [0.1, 0.15) is 0 Å². The number of hydrogen-bond acceptors (Lipinski definition) is 5. The van der Waals surface area contributed by atoms with Crippen molar-refractivity contribution in [3.8, 4) is 0 Å². The van der Waals surface area contributed by atoms with Gasteiger partial charge in [-0.15, -0.1) is 0 Å². The molecular formula is C21H22ClF3N2O5S. The lowest BCUT2D eigenvalue weighted by Gasteiger charge is -2.25. The van der Waals surface area contributed by atoms with Crippen LogP contribution in [0.5, 0.6) is 0 Å². The van der Waals surface area contributed by atoms with E-state index in [4.69, 9.17) is 11.6 Å². The molecule has 0 spiro atoms. The van der Waals surface area contributed by atoms with Gasteiger partial charge in [-0.3, -0.25) is 9.59 Å². The smallest absolute Gasteiger partial charge is 0.373 e. The van der Waals surface area contributed by atoms with Gasteiger partial charge in [0.2, 0.25) is 15.4 Å². The quantitative estimate of drug-likeness (QED) is 0.592. The van der Waals surface area contributed by atoms with E-state index in [2.05, 4.69) is 0 Å². The zero-order valence-electron chi connectivity index (χ0n) is 17.9. The highest BCUT2D eigenvalue weighted by molar-refractivity contribution is 7.91. The Bertz CT molecular complexity index is 1160. The number of nitrogens with one attached hydrogen (secondary N) is 1. The number of rotatable bonds is 7. The molecule has 0 saturated carbocycles. The summed E-state index contributed by atoms with van der Waals surface area (Å²) in [6.07, 6.45) is -5.24. The van der Waals surface area contributed by atoms with Crippen molar-refractivity contribution in [3.05, 3.63) is 53.1 Å². The minimum atomic E-state index is -5.24. The minimum Gasteiger partial charge on any atom is -0.373 e. The number of halogens is 4. The van der Waals surface area contributed by atoms with Crippen molar-refractivity contribution >= 4 is 38.9 Å². The van der Waals surface area contributed by atoms with Crippen LogP contribution in [-0.4, -0.2) is 55.1 Å². The number of hydrogen-bond donors (Lipinski definition) is 2. The van der Waals surface area contributed by atoms with Crippen LogP contribution < -0.4 is 5.32 Å². The minimum absolute atomic E-state index is 0.0454. The van der Waals surface area contributed by atoms with Gasteiger partial charge in [-0.2, -0.15) is 13.2 Å². The van der Waals surface area contributed by atoms with E-state index in [1.54, 1.807) is 13.8 Å². The molecule has 0 saturated heterocycles. The van der Waals surface area contributed by atoms with Crippen molar-refractivity contribution in [2.24, 2.45) is 0 Å². The lowest BCUT2D eigenvalue weighted by molar-refractivity contribution is -0.242. The average Bonchev–Trinajstić information content (AvgIpc) is 2.74. The highest BCUT2D eigenvalue weighted by Gasteiger charge is 2.55. The lowest BCUT2D eigenvalue weighted by atomic mass is 10.1. The van der Waals surface area contributed by atoms with E-state index in [1.165, 1.54) is 29.2 Å². The number of anilines is 1. The van der Waals surface area contributed by atoms with Crippen LogP contribution in [0.2, 0.25) is 5.02 Å². The van der Waals surface area contributed by atoms with Gasteiger partial charge in [-0.25, -0.2) is 8.42 Å². The number of alkyl halides is 3. The van der Waals surface area contributed by atoms with Crippen LogP contribution >= 0.6 is 11.6 Å². The van der Waals surface area contributed by atoms with Gasteiger partial charge in [-0.05, 0) is 51.1 Å². The van der Waals surface area contributed by atoms with Crippen LogP contribution in [0.25, 0.3) is 0 Å². The molecule has 1 atom stereocenters. The standard InChI is InChI=1S/C21H22ClF3N2O5S/c1-4-27(5-2)18(28)14-8-6-7-9-17(14)33(31,32)13-10-11-16(15(22)12-13)26-19(29)20(3,30)21(23,24)25/h6-12,30H,4-5H2,1-3H3,(H,26,29)/t20-/m1/s1. The second-order valence-corrected chi connectivity index (χ2v) is 9.47. The zero-order chi connectivity index (χ0) is 25.2. The van der Waals surface area contributed by atoms with Gasteiger partial charge < -0.3 is 15.3 Å². The normalized spacial score (nSPS) is 13.8. The molecule has 2 aromatic rings. The fraction of sp³-hybridized carbons (Fsp3) is 0.333. The average molecular weight is 507 g/mol. The van der Waals surface area contributed by atoms with Crippen LogP contribution in [0, 0.1) is 0 Å². The summed E-state index contributed by atoms with van der Waals surface area (Å²) in [4.78, 5) is 25.5. The topological polar surface area (TPSA) is 104 Å². The van der Waals surface area contributed by atoms with Crippen molar-refractivity contribution in [3.63, 3.8) is 0 Å². The predicted molar refractivity (Wildman–Crippen MR) is 116 cm³/mol. The molecule has 2 rings (SSSR count). The third-order valence-corrected chi connectivity index (χ3v) is 7.07. The van der Waals surface area contributed by atoms with Crippen molar-refractivity contribution < 1.29 is 36.3 Å². The molecular weight excluding hydrogens is 485 g/mol. The Hall–Kier alpha value is -2.63. The predicted octanol–water partition coefficient (Wildman–Crippen LogP) is 3.91. The van der Waals surface area contributed by atoms with Crippen LogP contribution in [0.1, 0.15) is 31.1 Å². The Morgan fingerprint density at radius 2 is 1.67 bits per heavy atom. The Balaban J connectivity index is 2.45. The van der Waals surface area contributed by atoms with E-state index in [-0.39, 0.29) is 33.0 Å². The molecule has 2 aromatic carbocycles. The molecule has 0 unspecified atom stereocenters. The second kappa shape index (κ2) is 9.70. The third-order valence-electron chi connectivity index (χ3n) is 4.95. The first-order chi connectivity index (χ1) is 15.2. The maximum atomic E-state index is 13.2. The third kappa shape index (κ3) is 5.31. The molecule has 12 heteroatoms. The number of sulfone groups is 1. The molecule has 0 bridgehead atoms. The number of nitrogens with zero attached hydrogens (tertiary/aromatic N) is 1. The fourth-order valence-corrected chi connectivity index (χ4v) is 4.59. The summed E-state index contributed by atoms with van der Waals surface area (Å²) in [7, 11) is -4.26. The van der Waals surface area contributed by atoms with Gasteiger partial charge in [0, 0.05) is 13.1 Å². The molecule has 2 N–H and O–H groups in total. The summed E-state index contributed by atoms with van der Waals surface area (Å²) in [5, 5.41) is 10.9. The first-order valence-electron chi connectivity index (χ1n) is 9.72. The summed E-state index contributed by atoms with van der Waals surface area (Å²) in [6, 6.07) is 8.56. The summed E-state index contributed by atoms with van der Waals surface area (Å²) >= 11 is 6.01. The summed E-state index contributed by atoms with van der Waals surface area (Å²) < 4.78 is 65.0. The fourth-order valence-electron chi connectivity index (χ4n) is 2.82. The van der Waals surface area contributed by atoms with E-state index >= 15 is 0 Å². The number of amides is 2. The number of carbonyl (C=O) groups excluding carboxylic acids is 2. The Morgan fingerprint density at radius 1 is 1.09 bits per heavy atom. The first kappa shape index (κ1) is 26.6. The molecule has 7 nitrogen and oxygen atoms in total. The van der Waals surface area contributed by atoms with Crippen molar-refractivity contribution in [1.29, 1.82) is 0 Å². The highest BCUT2D eigenvalue weighted by atomic mass is 35.5. The largest absolute Gasteiger partial charge is 0.426 e. The summed E-state index contributed by atoms with van der Waals surface area (Å²) in [6.45, 7) is 4.51. The molecule has 33 heavy (non-hydrogen) atoms. The van der Waals surface area contributed by atoms with E-state index in [1.807, 2.05) is 5.32 Å². The van der Waals surface area contributed by atoms with E-state index < -0.39 is 33.4 Å². The van der Waals surface area contributed by atoms with Gasteiger partial charge in [0.15, 0.2) is 0 Å². The molecule has 0 aliphatic rings. The number of aliphatic hydroxyl groups is 1. The molecule has 180 valence electrons. The van der Waals surface area contributed by atoms with Crippen LogP contribution in [0.4, 0.5) is 18.9 Å². The molecule has 0 aliphatic carbocycles. The molecule has 0 radical (unpaired) electrons. The van der Waals surface area contributed by atoms with E-state index in [0.717, 1.165) is 18.2 Å². The van der Waals surface area contributed by atoms with Gasteiger partial charge >= 0.3 is 6.18 Å². The van der Waals surface area contributed by atoms with Crippen LogP contribution in [0.3, 0.4) is 0 Å². The molecule has 0 heterocycles. The number of benzene rings is 2. The number of carbonyl (C=O) groups is 2. The monoisotopic (exact) mass is 506 g/mol. The van der Waals surface area contributed by atoms with Crippen molar-refractivity contribution in [2.75, 3.05) is 18.4 Å². The van der Waals surface area contributed by atoms with Crippen molar-refractivity contribution in [2.45, 2.75) is 42.3 Å². The SMILES string of the molecule is CCN(CC)C(=O)c1ccccc1S(=O)(=O)c1ccc(NC(=O)[C@@](C)(O)C(F)(F)F)c(Cl)c1. The Morgan fingerprint density at radius 3 is 2.18 bits per heavy atom. The molecule has 0 aromatic heterocycles. The van der Waals surface area contributed by atoms with Crippen molar-refractivity contribution in [1.82, 2.24) is 4.90 Å². The molecule has 2 amide bonds. The zero-order valence-corrected chi connectivity index (χ0v) is 19.5. The highest BCUT2D eigenvalue weighted by Crippen LogP contribution is 2.34. The van der Waals surface area contributed by atoms with Gasteiger partial charge in [-0.1, -0.05) is 23.7 Å². The second-order valence-electron chi connectivity index (χ2n) is 7.14. The van der Waals surface area contributed by atoms with Gasteiger partial charge in [0.25, 0.3) is 11.8 Å². The van der Waals surface area contributed by atoms with E-state index in [0.29, 0.717) is 13.1 Å². The lowest BCUT2D eigenvalue weighted by Crippen LogP contribution is -2.52. The maximum absolute atomic E-state index is 13.2. The Labute approximate surface area is 194 Å². The van der Waals surface area contributed by atoms with Crippen LogP contribution in [-0.2, 0) is 14.6 Å². The summed E-state index contributed by atoms with van der Waals surface area (Å²) in [5.41, 5.74) is -4.07. The summed E-state index contributed by atoms with van der Waals surface area (Å²) in [5.74, 6) is -2.27.